The molecule has 0 aliphatic carbocycles. The number of hydrogen-bond donors (Lipinski definition) is 0. The first-order valence-corrected chi connectivity index (χ1v) is 8.91. The lowest BCUT2D eigenvalue weighted by Gasteiger charge is -2.39. The van der Waals surface area contributed by atoms with E-state index in [1.807, 2.05) is 31.2 Å². The Morgan fingerprint density at radius 3 is 2.19 bits per heavy atom. The van der Waals surface area contributed by atoms with Gasteiger partial charge in [-0.1, -0.05) is 49.7 Å². The van der Waals surface area contributed by atoms with E-state index in [9.17, 15) is 8.42 Å². The summed E-state index contributed by atoms with van der Waals surface area (Å²) in [6.07, 6.45) is 1.79. The molecule has 1 aliphatic heterocycles. The fourth-order valence-electron chi connectivity index (χ4n) is 3.62. The third-order valence-electron chi connectivity index (χ3n) is 4.84. The van der Waals surface area contributed by atoms with Crippen molar-refractivity contribution in [3.8, 4) is 0 Å². The summed E-state index contributed by atoms with van der Waals surface area (Å²) in [5.41, 5.74) is 2.82. The van der Waals surface area contributed by atoms with E-state index >= 15 is 0 Å². The zero-order valence-electron chi connectivity index (χ0n) is 12.7. The summed E-state index contributed by atoms with van der Waals surface area (Å²) in [7, 11) is -3.41. The molecule has 21 heavy (non-hydrogen) atoms. The summed E-state index contributed by atoms with van der Waals surface area (Å²) in [5.74, 6) is 0. The van der Waals surface area contributed by atoms with Crippen LogP contribution in [0.3, 0.4) is 0 Å². The second kappa shape index (κ2) is 4.70. The van der Waals surface area contributed by atoms with E-state index in [0.29, 0.717) is 9.79 Å². The van der Waals surface area contributed by atoms with Crippen molar-refractivity contribution in [2.45, 2.75) is 48.8 Å². The smallest absolute Gasteiger partial charge is 0.207 e. The number of hydrogen-bond acceptors (Lipinski definition) is 2. The third-order valence-corrected chi connectivity index (χ3v) is 6.71. The van der Waals surface area contributed by atoms with Gasteiger partial charge in [0.25, 0.3) is 0 Å². The average Bonchev–Trinajstić information content (AvgIpc) is 2.49. The third kappa shape index (κ3) is 1.80. The van der Waals surface area contributed by atoms with Crippen LogP contribution in [0.15, 0.2) is 52.3 Å². The molecule has 0 aromatic heterocycles. The van der Waals surface area contributed by atoms with Gasteiger partial charge in [-0.15, -0.1) is 0 Å². The highest BCUT2D eigenvalue weighted by Crippen LogP contribution is 2.49. The van der Waals surface area contributed by atoms with Gasteiger partial charge >= 0.3 is 0 Å². The minimum Gasteiger partial charge on any atom is -0.218 e. The van der Waals surface area contributed by atoms with Crippen LogP contribution in [0.4, 0.5) is 0 Å². The SMILES string of the molecule is CCC1(CC)c2ccccc2S(=O)(=O)c2ccc(C)cc21. The fraction of sp³-hybridized carbons (Fsp3) is 0.333. The summed E-state index contributed by atoms with van der Waals surface area (Å²) in [6, 6.07) is 13.2. The Balaban J connectivity index is 2.49. The Morgan fingerprint density at radius 2 is 1.52 bits per heavy atom. The molecule has 0 amide bonds. The van der Waals surface area contributed by atoms with Crippen LogP contribution < -0.4 is 0 Å². The molecule has 2 aromatic carbocycles. The molecule has 1 aliphatic rings. The van der Waals surface area contributed by atoms with Gasteiger partial charge in [-0.3, -0.25) is 0 Å². The van der Waals surface area contributed by atoms with Gasteiger partial charge in [0, 0.05) is 5.41 Å². The number of fused-ring (bicyclic) bond motifs is 2. The number of benzene rings is 2. The predicted molar refractivity (Wildman–Crippen MR) is 84.4 cm³/mol. The molecule has 0 bridgehead atoms. The van der Waals surface area contributed by atoms with Crippen LogP contribution >= 0.6 is 0 Å². The fourth-order valence-corrected chi connectivity index (χ4v) is 5.46. The van der Waals surface area contributed by atoms with Crippen LogP contribution in [0.5, 0.6) is 0 Å². The van der Waals surface area contributed by atoms with Gasteiger partial charge in [-0.25, -0.2) is 8.42 Å². The van der Waals surface area contributed by atoms with E-state index in [-0.39, 0.29) is 5.41 Å². The Hall–Kier alpha value is -1.61. The second-order valence-corrected chi connectivity index (χ2v) is 7.67. The molecule has 0 saturated carbocycles. The summed E-state index contributed by atoms with van der Waals surface area (Å²) < 4.78 is 25.9. The first-order chi connectivity index (χ1) is 9.97. The van der Waals surface area contributed by atoms with E-state index < -0.39 is 9.84 Å². The zero-order chi connectivity index (χ0) is 15.3. The molecule has 1 heterocycles. The van der Waals surface area contributed by atoms with Crippen molar-refractivity contribution in [2.75, 3.05) is 0 Å². The molecule has 0 fully saturated rings. The molecular formula is C18H20O2S. The standard InChI is InChI=1S/C18H20O2S/c1-4-18(5-2)14-8-6-7-9-16(14)21(19,20)17-11-10-13(3)12-15(17)18/h6-12H,4-5H2,1-3H3. The van der Waals surface area contributed by atoms with Crippen molar-refractivity contribution < 1.29 is 8.42 Å². The zero-order valence-corrected chi connectivity index (χ0v) is 13.5. The van der Waals surface area contributed by atoms with Gasteiger partial charge in [-0.2, -0.15) is 0 Å². The lowest BCUT2D eigenvalue weighted by molar-refractivity contribution is 0.449. The van der Waals surface area contributed by atoms with E-state index in [1.54, 1.807) is 12.1 Å². The average molecular weight is 300 g/mol. The van der Waals surface area contributed by atoms with Gasteiger partial charge in [-0.05, 0) is 43.0 Å². The van der Waals surface area contributed by atoms with Crippen molar-refractivity contribution >= 4 is 9.84 Å². The number of aryl methyl sites for hydroxylation is 1. The molecule has 0 radical (unpaired) electrons. The van der Waals surface area contributed by atoms with E-state index in [1.165, 1.54) is 0 Å². The molecule has 3 heteroatoms. The molecular weight excluding hydrogens is 280 g/mol. The molecule has 110 valence electrons. The Kier molecular flexibility index (Phi) is 3.21. The van der Waals surface area contributed by atoms with Crippen LogP contribution in [0.1, 0.15) is 43.4 Å². The van der Waals surface area contributed by atoms with Crippen molar-refractivity contribution in [2.24, 2.45) is 0 Å². The van der Waals surface area contributed by atoms with Crippen LogP contribution in [-0.2, 0) is 15.3 Å². The lowest BCUT2D eigenvalue weighted by atomic mass is 9.70. The number of rotatable bonds is 2. The van der Waals surface area contributed by atoms with Gasteiger partial charge in [0.1, 0.15) is 0 Å². The Bertz CT molecular complexity index is 800. The van der Waals surface area contributed by atoms with Gasteiger partial charge in [0.05, 0.1) is 9.79 Å². The van der Waals surface area contributed by atoms with Gasteiger partial charge in [0.2, 0.25) is 9.84 Å². The van der Waals surface area contributed by atoms with Crippen LogP contribution in [0, 0.1) is 6.92 Å². The first-order valence-electron chi connectivity index (χ1n) is 7.43. The molecule has 2 nitrogen and oxygen atoms in total. The highest BCUT2D eigenvalue weighted by molar-refractivity contribution is 7.91. The summed E-state index contributed by atoms with van der Waals surface area (Å²) in [4.78, 5) is 0.959. The molecule has 0 spiro atoms. The maximum atomic E-state index is 12.9. The van der Waals surface area contributed by atoms with Crippen LogP contribution in [-0.4, -0.2) is 8.42 Å². The molecule has 3 rings (SSSR count). The maximum absolute atomic E-state index is 12.9. The molecule has 0 unspecified atom stereocenters. The monoisotopic (exact) mass is 300 g/mol. The Morgan fingerprint density at radius 1 is 0.905 bits per heavy atom. The lowest BCUT2D eigenvalue weighted by Crippen LogP contribution is -2.34. The van der Waals surface area contributed by atoms with Gasteiger partial charge < -0.3 is 0 Å². The van der Waals surface area contributed by atoms with E-state index in [4.69, 9.17) is 0 Å². The maximum Gasteiger partial charge on any atom is 0.207 e. The molecule has 0 N–H and O–H groups in total. The van der Waals surface area contributed by atoms with Crippen molar-refractivity contribution in [1.29, 1.82) is 0 Å². The highest BCUT2D eigenvalue weighted by atomic mass is 32.2. The first kappa shape index (κ1) is 14.3. The molecule has 2 aromatic rings. The largest absolute Gasteiger partial charge is 0.218 e. The van der Waals surface area contributed by atoms with Crippen LogP contribution in [0.25, 0.3) is 0 Å². The van der Waals surface area contributed by atoms with Crippen molar-refractivity contribution in [3.05, 3.63) is 59.2 Å². The second-order valence-electron chi connectivity index (χ2n) is 5.79. The Labute approximate surface area is 126 Å². The summed E-state index contributed by atoms with van der Waals surface area (Å²) >= 11 is 0. The van der Waals surface area contributed by atoms with Crippen LogP contribution in [0.2, 0.25) is 0 Å². The molecule has 0 atom stereocenters. The van der Waals surface area contributed by atoms with Crippen molar-refractivity contribution in [3.63, 3.8) is 0 Å². The minimum absolute atomic E-state index is 0.205. The van der Waals surface area contributed by atoms with Crippen molar-refractivity contribution in [1.82, 2.24) is 0 Å². The minimum atomic E-state index is -3.41. The predicted octanol–water partition coefficient (Wildman–Crippen LogP) is 4.25. The normalized spacial score (nSPS) is 17.9. The topological polar surface area (TPSA) is 34.1 Å². The van der Waals surface area contributed by atoms with E-state index in [2.05, 4.69) is 19.9 Å². The van der Waals surface area contributed by atoms with E-state index in [0.717, 1.165) is 29.5 Å². The van der Waals surface area contributed by atoms with Gasteiger partial charge in [0.15, 0.2) is 0 Å². The number of sulfone groups is 1. The highest BCUT2D eigenvalue weighted by Gasteiger charge is 2.43. The summed E-state index contributed by atoms with van der Waals surface area (Å²) in [5, 5.41) is 0. The summed E-state index contributed by atoms with van der Waals surface area (Å²) in [6.45, 7) is 6.30. The molecule has 0 saturated heterocycles. The quantitative estimate of drug-likeness (QED) is 0.831.